The van der Waals surface area contributed by atoms with E-state index >= 15 is 0 Å². The van der Waals surface area contributed by atoms with Crippen LogP contribution in [0.4, 0.5) is 5.69 Å². The van der Waals surface area contributed by atoms with Gasteiger partial charge in [0, 0.05) is 28.0 Å². The monoisotopic (exact) mass is 919 g/mol. The second-order valence-corrected chi connectivity index (χ2v) is 19.7. The van der Waals surface area contributed by atoms with Crippen LogP contribution in [0.15, 0.2) is 194 Å². The highest BCUT2D eigenvalue weighted by Crippen LogP contribution is 2.53. The molecular weight excluding hydrogens is 859 g/mol. The van der Waals surface area contributed by atoms with Crippen LogP contribution in [-0.2, 0) is 10.8 Å². The summed E-state index contributed by atoms with van der Waals surface area (Å²) < 4.78 is 0. The summed E-state index contributed by atoms with van der Waals surface area (Å²) in [4.78, 5) is 0. The molecule has 0 bridgehead atoms. The molecular formula is C65H61NO4. The number of allylic oxidation sites excluding steroid dienone is 7. The van der Waals surface area contributed by atoms with Crippen molar-refractivity contribution in [2.75, 3.05) is 5.32 Å². The van der Waals surface area contributed by atoms with E-state index < -0.39 is 17.2 Å². The summed E-state index contributed by atoms with van der Waals surface area (Å²) in [5.41, 5.74) is 14.9. The van der Waals surface area contributed by atoms with Gasteiger partial charge in [-0.15, -0.1) is 0 Å². The Bertz CT molecular complexity index is 3430. The zero-order valence-electron chi connectivity index (χ0n) is 41.1. The van der Waals surface area contributed by atoms with Crippen LogP contribution in [-0.4, -0.2) is 20.4 Å². The average Bonchev–Trinajstić information content (AvgIpc) is 3.58. The summed E-state index contributed by atoms with van der Waals surface area (Å²) in [5, 5.41) is 49.7. The lowest BCUT2D eigenvalue weighted by Gasteiger charge is -2.30. The summed E-state index contributed by atoms with van der Waals surface area (Å²) in [6, 6.07) is 49.3. The van der Waals surface area contributed by atoms with Gasteiger partial charge < -0.3 is 25.7 Å². The van der Waals surface area contributed by atoms with Crippen LogP contribution in [0.1, 0.15) is 80.3 Å². The highest BCUT2D eigenvalue weighted by molar-refractivity contribution is 6.09. The molecule has 0 spiro atoms. The van der Waals surface area contributed by atoms with E-state index in [1.807, 2.05) is 18.2 Å². The minimum Gasteiger partial charge on any atom is -0.507 e. The van der Waals surface area contributed by atoms with Crippen molar-refractivity contribution in [2.24, 2.45) is 0 Å². The third-order valence-corrected chi connectivity index (χ3v) is 14.7. The van der Waals surface area contributed by atoms with Crippen LogP contribution in [0, 0.1) is 13.8 Å². The molecule has 1 aliphatic carbocycles. The number of phenolic OH excluding ortho intramolecular Hbond substituents is 4. The van der Waals surface area contributed by atoms with Crippen molar-refractivity contribution in [3.05, 3.63) is 227 Å². The van der Waals surface area contributed by atoms with Crippen molar-refractivity contribution in [2.45, 2.75) is 71.6 Å². The Hall–Kier alpha value is -8.02. The summed E-state index contributed by atoms with van der Waals surface area (Å²) in [6.45, 7) is 19.1. The Morgan fingerprint density at radius 1 is 0.671 bits per heavy atom. The molecule has 0 radical (unpaired) electrons. The Morgan fingerprint density at radius 2 is 1.29 bits per heavy atom. The highest BCUT2D eigenvalue weighted by Gasteiger charge is 2.40. The predicted molar refractivity (Wildman–Crippen MR) is 294 cm³/mol. The zero-order chi connectivity index (χ0) is 49.5. The van der Waals surface area contributed by atoms with E-state index in [1.165, 1.54) is 67.4 Å². The van der Waals surface area contributed by atoms with Crippen LogP contribution < -0.4 is 5.32 Å². The van der Waals surface area contributed by atoms with Crippen LogP contribution in [0.25, 0.3) is 61.0 Å². The second kappa shape index (κ2) is 18.8. The Balaban J connectivity index is 0.908. The first-order valence-corrected chi connectivity index (χ1v) is 24.1. The molecule has 5 heteroatoms. The molecule has 0 heterocycles. The predicted octanol–water partition coefficient (Wildman–Crippen LogP) is 16.9. The lowest BCUT2D eigenvalue weighted by Crippen LogP contribution is -2.21. The maximum Gasteiger partial charge on any atom is 0.201 e. The number of benzene rings is 8. The van der Waals surface area contributed by atoms with Gasteiger partial charge in [0.05, 0.1) is 5.56 Å². The Morgan fingerprint density at radius 3 is 1.96 bits per heavy atom. The van der Waals surface area contributed by atoms with Crippen molar-refractivity contribution < 1.29 is 20.4 Å². The molecule has 9 rings (SSSR count). The fraction of sp³-hybridized carbons (Fsp3) is 0.169. The molecule has 8 aromatic carbocycles. The third kappa shape index (κ3) is 8.58. The molecule has 0 saturated heterocycles. The molecule has 350 valence electrons. The summed E-state index contributed by atoms with van der Waals surface area (Å²) in [7, 11) is 0. The van der Waals surface area contributed by atoms with Gasteiger partial charge in [-0.25, -0.2) is 0 Å². The van der Waals surface area contributed by atoms with Gasteiger partial charge in [-0.3, -0.25) is 0 Å². The van der Waals surface area contributed by atoms with E-state index in [0.29, 0.717) is 5.56 Å². The lowest BCUT2D eigenvalue weighted by molar-refractivity contribution is 0.360. The number of aromatic hydroxyl groups is 4. The number of rotatable bonds is 12. The van der Waals surface area contributed by atoms with Crippen LogP contribution in [0.3, 0.4) is 0 Å². The van der Waals surface area contributed by atoms with Crippen LogP contribution >= 0.6 is 0 Å². The number of hydrogen-bond acceptors (Lipinski definition) is 5. The topological polar surface area (TPSA) is 93.0 Å². The number of nitrogens with one attached hydrogen (secondary N) is 1. The molecule has 1 atom stereocenters. The largest absolute Gasteiger partial charge is 0.507 e. The molecule has 0 amide bonds. The minimum absolute atomic E-state index is 0.0719. The lowest BCUT2D eigenvalue weighted by atomic mass is 9.74. The number of phenols is 4. The van der Waals surface area contributed by atoms with Crippen molar-refractivity contribution in [1.29, 1.82) is 0 Å². The third-order valence-electron chi connectivity index (χ3n) is 14.7. The molecule has 0 aromatic heterocycles. The van der Waals surface area contributed by atoms with Crippen molar-refractivity contribution >= 4 is 33.3 Å². The summed E-state index contributed by atoms with van der Waals surface area (Å²) >= 11 is 0. The van der Waals surface area contributed by atoms with Gasteiger partial charge >= 0.3 is 0 Å². The molecule has 5 N–H and O–H groups in total. The Labute approximate surface area is 412 Å². The van der Waals surface area contributed by atoms with Gasteiger partial charge in [0.15, 0.2) is 11.5 Å². The summed E-state index contributed by atoms with van der Waals surface area (Å²) in [5.74, 6) is -1.79. The fourth-order valence-corrected chi connectivity index (χ4v) is 10.7. The smallest absolute Gasteiger partial charge is 0.201 e. The molecule has 5 nitrogen and oxygen atoms in total. The van der Waals surface area contributed by atoms with Gasteiger partial charge in [0.25, 0.3) is 0 Å². The zero-order valence-corrected chi connectivity index (χ0v) is 41.1. The van der Waals surface area contributed by atoms with Gasteiger partial charge in [-0.05, 0) is 134 Å². The molecule has 0 saturated carbocycles. The van der Waals surface area contributed by atoms with Crippen molar-refractivity contribution in [3.63, 3.8) is 0 Å². The van der Waals surface area contributed by atoms with Gasteiger partial charge in [-0.1, -0.05) is 198 Å². The van der Waals surface area contributed by atoms with Crippen molar-refractivity contribution in [1.82, 2.24) is 0 Å². The first kappa shape index (κ1) is 47.1. The maximum atomic E-state index is 10.6. The van der Waals surface area contributed by atoms with E-state index in [9.17, 15) is 20.4 Å². The van der Waals surface area contributed by atoms with Crippen LogP contribution in [0.5, 0.6) is 23.0 Å². The normalized spacial score (nSPS) is 15.4. The van der Waals surface area contributed by atoms with Crippen LogP contribution in [0.2, 0.25) is 0 Å². The highest BCUT2D eigenvalue weighted by atomic mass is 16.3. The molecule has 1 aliphatic rings. The number of aryl methyl sites for hydroxylation is 1. The molecule has 70 heavy (non-hydrogen) atoms. The first-order chi connectivity index (χ1) is 33.6. The Kier molecular flexibility index (Phi) is 12.7. The quantitative estimate of drug-likeness (QED) is 0.0364. The molecule has 8 aromatic rings. The van der Waals surface area contributed by atoms with Crippen molar-refractivity contribution in [3.8, 4) is 56.4 Å². The van der Waals surface area contributed by atoms with E-state index in [1.54, 1.807) is 12.1 Å². The van der Waals surface area contributed by atoms with E-state index in [4.69, 9.17) is 0 Å². The summed E-state index contributed by atoms with van der Waals surface area (Å²) in [6.07, 6.45) is 16.0. The first-order valence-electron chi connectivity index (χ1n) is 24.1. The maximum absolute atomic E-state index is 10.6. The number of anilines is 1. The van der Waals surface area contributed by atoms with Gasteiger partial charge in [0.2, 0.25) is 5.75 Å². The van der Waals surface area contributed by atoms with E-state index in [0.717, 1.165) is 34.4 Å². The average molecular weight is 920 g/mol. The molecule has 1 unspecified atom stereocenters. The number of fused-ring (bicyclic) bond motifs is 4. The SMILES string of the molecule is C=C/C=C(\C=C/C)C(C)(C)c1cc(/C=C2\C(C/C=C/Nc3ccc4c(ccc5cc(-c6ccc(-c7ccc(-c8c(O)c(C)c(O)c(O)c8O)cc7)cc6)ccc54)c3)c3ccccc3C2(C)C)ccc1C. The van der Waals surface area contributed by atoms with E-state index in [-0.39, 0.29) is 33.6 Å². The minimum atomic E-state index is -0.655. The van der Waals surface area contributed by atoms with Gasteiger partial charge in [0.1, 0.15) is 5.75 Å². The molecule has 0 fully saturated rings. The fourth-order valence-electron chi connectivity index (χ4n) is 10.7. The number of hydrogen-bond donors (Lipinski definition) is 5. The molecule has 0 aliphatic heterocycles. The van der Waals surface area contributed by atoms with Gasteiger partial charge in [-0.2, -0.15) is 0 Å². The standard InChI is InChI=1S/C65H61NO4/c1-9-14-50(15-10-2)64(5,6)57-36-42(20-19-40(57)3)37-58-55(54-16-11-12-18-56(54)65(58,7)8)17-13-35-66-51-32-34-53-49(39-51)30-29-48-38-47(31-33-52(48)53)45-23-21-43(22-24-45)44-25-27-46(28-26-44)59-60(67)41(4)61(68)63(70)62(59)69/h9-16,18-39,55,66-70H,1,17H2,2-8H3/b15-10-,35-13+,50-14+,58-37+. The van der Waals surface area contributed by atoms with E-state index in [2.05, 4.69) is 205 Å². The second-order valence-electron chi connectivity index (χ2n) is 19.7.